The van der Waals surface area contributed by atoms with Crippen molar-refractivity contribution in [3.05, 3.63) is 70.3 Å². The number of benzene rings is 2. The van der Waals surface area contributed by atoms with Gasteiger partial charge in [0.2, 0.25) is 0 Å². The van der Waals surface area contributed by atoms with Crippen LogP contribution in [0.4, 0.5) is 30.2 Å². The largest absolute Gasteiger partial charge is 0.416 e. The van der Waals surface area contributed by atoms with Gasteiger partial charge in [-0.2, -0.15) is 18.3 Å². The van der Waals surface area contributed by atoms with Crippen molar-refractivity contribution in [3.8, 4) is 5.69 Å². The van der Waals surface area contributed by atoms with Gasteiger partial charge in [-0.25, -0.2) is 9.67 Å². The summed E-state index contributed by atoms with van der Waals surface area (Å²) in [5.41, 5.74) is -1.04. The van der Waals surface area contributed by atoms with E-state index in [2.05, 4.69) is 15.4 Å². The standard InChI is InChI=1S/C20H17F3N6O4/c21-20(22,23)14-2-4-16(28-12-24-11-25-28)15(10-14)26-19(30)13-1-3-17(18(9-13)29(31)32)27-5-7-33-8-6-27/h1-4,9-12H,5-8H2,(H,26,30). The van der Waals surface area contributed by atoms with Crippen molar-refractivity contribution in [1.29, 1.82) is 0 Å². The lowest BCUT2D eigenvalue weighted by molar-refractivity contribution is -0.384. The number of aromatic nitrogens is 3. The molecular weight excluding hydrogens is 445 g/mol. The Bertz CT molecular complexity index is 1180. The van der Waals surface area contributed by atoms with Gasteiger partial charge in [-0.3, -0.25) is 14.9 Å². The van der Waals surface area contributed by atoms with Crippen LogP contribution in [0.3, 0.4) is 0 Å². The molecule has 3 aromatic rings. The summed E-state index contributed by atoms with van der Waals surface area (Å²) in [7, 11) is 0. The van der Waals surface area contributed by atoms with E-state index in [1.54, 1.807) is 4.90 Å². The lowest BCUT2D eigenvalue weighted by atomic mass is 10.1. The number of hydrogen-bond acceptors (Lipinski definition) is 7. The second kappa shape index (κ2) is 8.86. The molecule has 1 aliphatic heterocycles. The number of halogens is 3. The monoisotopic (exact) mass is 462 g/mol. The molecule has 1 aromatic heterocycles. The second-order valence-electron chi connectivity index (χ2n) is 7.08. The quantitative estimate of drug-likeness (QED) is 0.457. The Hall–Kier alpha value is -4.00. The minimum Gasteiger partial charge on any atom is -0.378 e. The van der Waals surface area contributed by atoms with Crippen LogP contribution in [0, 0.1) is 10.1 Å². The normalized spacial score (nSPS) is 14.2. The third kappa shape index (κ3) is 4.77. The first kappa shape index (κ1) is 22.2. The molecule has 0 spiro atoms. The van der Waals surface area contributed by atoms with Crippen molar-refractivity contribution < 1.29 is 27.6 Å². The molecule has 10 nitrogen and oxygen atoms in total. The molecule has 2 heterocycles. The van der Waals surface area contributed by atoms with Crippen molar-refractivity contribution in [3.63, 3.8) is 0 Å². The summed E-state index contributed by atoms with van der Waals surface area (Å²) in [4.78, 5) is 29.4. The van der Waals surface area contributed by atoms with Crippen LogP contribution in [-0.2, 0) is 10.9 Å². The minimum atomic E-state index is -4.64. The van der Waals surface area contributed by atoms with Gasteiger partial charge in [0.25, 0.3) is 11.6 Å². The van der Waals surface area contributed by atoms with E-state index in [0.717, 1.165) is 24.3 Å². The molecule has 33 heavy (non-hydrogen) atoms. The molecule has 13 heteroatoms. The fourth-order valence-electron chi connectivity index (χ4n) is 3.42. The van der Waals surface area contributed by atoms with Gasteiger partial charge in [0.05, 0.1) is 35.1 Å². The highest BCUT2D eigenvalue weighted by atomic mass is 19.4. The summed E-state index contributed by atoms with van der Waals surface area (Å²) in [5, 5.41) is 17.9. The number of nitrogens with one attached hydrogen (secondary N) is 1. The fraction of sp³-hybridized carbons (Fsp3) is 0.250. The van der Waals surface area contributed by atoms with Gasteiger partial charge in [-0.1, -0.05) is 0 Å². The SMILES string of the molecule is O=C(Nc1cc(C(F)(F)F)ccc1-n1cncn1)c1ccc(N2CCOCC2)c([N+](=O)[O-])c1. The van der Waals surface area contributed by atoms with Crippen LogP contribution in [0.15, 0.2) is 49.1 Å². The first-order valence-electron chi connectivity index (χ1n) is 9.73. The number of hydrogen-bond donors (Lipinski definition) is 1. The van der Waals surface area contributed by atoms with Crippen molar-refractivity contribution in [2.75, 3.05) is 36.5 Å². The van der Waals surface area contributed by atoms with Crippen LogP contribution in [0.25, 0.3) is 5.69 Å². The summed E-state index contributed by atoms with van der Waals surface area (Å²) in [6.45, 7) is 1.75. The maximum atomic E-state index is 13.2. The number of morpholine rings is 1. The van der Waals surface area contributed by atoms with Crippen LogP contribution in [0.1, 0.15) is 15.9 Å². The number of amides is 1. The van der Waals surface area contributed by atoms with E-state index < -0.39 is 22.6 Å². The maximum Gasteiger partial charge on any atom is 0.416 e. The highest BCUT2D eigenvalue weighted by Crippen LogP contribution is 2.34. The molecule has 1 saturated heterocycles. The van der Waals surface area contributed by atoms with E-state index in [-0.39, 0.29) is 22.6 Å². The predicted molar refractivity (Wildman–Crippen MR) is 110 cm³/mol. The Labute approximate surface area is 184 Å². The number of rotatable bonds is 5. The van der Waals surface area contributed by atoms with E-state index in [1.807, 2.05) is 0 Å². The third-order valence-electron chi connectivity index (χ3n) is 5.02. The fourth-order valence-corrected chi connectivity index (χ4v) is 3.42. The molecule has 1 fully saturated rings. The molecule has 0 bridgehead atoms. The molecule has 1 N–H and O–H groups in total. The number of nitro benzene ring substituents is 1. The Morgan fingerprint density at radius 1 is 1.12 bits per heavy atom. The maximum absolute atomic E-state index is 13.2. The zero-order valence-corrected chi connectivity index (χ0v) is 17.0. The summed E-state index contributed by atoms with van der Waals surface area (Å²) in [5.74, 6) is -0.813. The van der Waals surface area contributed by atoms with Crippen LogP contribution in [-0.4, -0.2) is 51.9 Å². The first-order valence-corrected chi connectivity index (χ1v) is 9.73. The van der Waals surface area contributed by atoms with Crippen molar-refractivity contribution in [2.45, 2.75) is 6.18 Å². The smallest absolute Gasteiger partial charge is 0.378 e. The van der Waals surface area contributed by atoms with Gasteiger partial charge in [-0.05, 0) is 30.3 Å². The average molecular weight is 462 g/mol. The second-order valence-corrected chi connectivity index (χ2v) is 7.08. The zero-order valence-electron chi connectivity index (χ0n) is 17.0. The van der Waals surface area contributed by atoms with Gasteiger partial charge >= 0.3 is 6.18 Å². The van der Waals surface area contributed by atoms with Gasteiger partial charge in [-0.15, -0.1) is 0 Å². The van der Waals surface area contributed by atoms with Gasteiger partial charge in [0.1, 0.15) is 18.3 Å². The average Bonchev–Trinajstić information content (AvgIpc) is 3.33. The van der Waals surface area contributed by atoms with Crippen molar-refractivity contribution in [2.24, 2.45) is 0 Å². The van der Waals surface area contributed by atoms with Gasteiger partial charge in [0.15, 0.2) is 0 Å². The third-order valence-corrected chi connectivity index (χ3v) is 5.02. The number of nitro groups is 1. The van der Waals surface area contributed by atoms with Crippen LogP contribution in [0.2, 0.25) is 0 Å². The Balaban J connectivity index is 1.68. The summed E-state index contributed by atoms with van der Waals surface area (Å²) >= 11 is 0. The lowest BCUT2D eigenvalue weighted by Gasteiger charge is -2.28. The topological polar surface area (TPSA) is 115 Å². The first-order chi connectivity index (χ1) is 15.7. The van der Waals surface area contributed by atoms with Crippen LogP contribution in [0.5, 0.6) is 0 Å². The van der Waals surface area contributed by atoms with E-state index in [1.165, 1.54) is 29.5 Å². The molecule has 2 aromatic carbocycles. The Morgan fingerprint density at radius 3 is 2.48 bits per heavy atom. The minimum absolute atomic E-state index is 0.0827. The summed E-state index contributed by atoms with van der Waals surface area (Å²) in [6.07, 6.45) is -2.18. The van der Waals surface area contributed by atoms with E-state index in [0.29, 0.717) is 32.0 Å². The van der Waals surface area contributed by atoms with Gasteiger partial charge < -0.3 is 15.0 Å². The molecule has 1 amide bonds. The molecule has 0 radical (unpaired) electrons. The number of alkyl halides is 3. The molecule has 0 atom stereocenters. The summed E-state index contributed by atoms with van der Waals surface area (Å²) < 4.78 is 46.1. The molecule has 172 valence electrons. The molecule has 1 aliphatic rings. The predicted octanol–water partition coefficient (Wildman–Crippen LogP) is 3.28. The number of carbonyl (C=O) groups is 1. The zero-order chi connectivity index (χ0) is 23.6. The molecular formula is C20H17F3N6O4. The van der Waals surface area contributed by atoms with E-state index >= 15 is 0 Å². The lowest BCUT2D eigenvalue weighted by Crippen LogP contribution is -2.36. The Kier molecular flexibility index (Phi) is 5.96. The van der Waals surface area contributed by atoms with Crippen molar-refractivity contribution in [1.82, 2.24) is 14.8 Å². The van der Waals surface area contributed by atoms with Gasteiger partial charge in [0, 0.05) is 24.7 Å². The number of carbonyl (C=O) groups excluding carboxylic acids is 1. The molecule has 0 saturated carbocycles. The van der Waals surface area contributed by atoms with Crippen LogP contribution < -0.4 is 10.2 Å². The highest BCUT2D eigenvalue weighted by Gasteiger charge is 2.32. The van der Waals surface area contributed by atoms with E-state index in [9.17, 15) is 28.1 Å². The number of ether oxygens (including phenoxy) is 1. The number of nitrogens with zero attached hydrogens (tertiary/aromatic N) is 5. The summed E-state index contributed by atoms with van der Waals surface area (Å²) in [6, 6.07) is 6.71. The van der Waals surface area contributed by atoms with Crippen LogP contribution >= 0.6 is 0 Å². The molecule has 0 aliphatic carbocycles. The highest BCUT2D eigenvalue weighted by molar-refractivity contribution is 6.06. The van der Waals surface area contributed by atoms with Crippen molar-refractivity contribution >= 4 is 23.0 Å². The molecule has 4 rings (SSSR count). The number of anilines is 2. The Morgan fingerprint density at radius 2 is 1.85 bits per heavy atom. The van der Waals surface area contributed by atoms with E-state index in [4.69, 9.17) is 4.74 Å². The molecule has 0 unspecified atom stereocenters.